The summed E-state index contributed by atoms with van der Waals surface area (Å²) in [7, 11) is 0. The summed E-state index contributed by atoms with van der Waals surface area (Å²) in [5, 5.41) is 3.68. The molecule has 1 heterocycles. The maximum atomic E-state index is 3.68. The van der Waals surface area contributed by atoms with Crippen molar-refractivity contribution in [3.05, 3.63) is 35.4 Å². The Morgan fingerprint density at radius 3 is 2.71 bits per heavy atom. The first-order valence-corrected chi connectivity index (χ1v) is 5.60. The lowest BCUT2D eigenvalue weighted by molar-refractivity contribution is 0.594. The van der Waals surface area contributed by atoms with Crippen molar-refractivity contribution in [2.75, 3.05) is 6.54 Å². The molecule has 74 valence electrons. The summed E-state index contributed by atoms with van der Waals surface area (Å²) in [4.78, 5) is 0. The fourth-order valence-corrected chi connectivity index (χ4v) is 2.75. The molecule has 1 aromatic carbocycles. The zero-order chi connectivity index (χ0) is 9.60. The molecule has 2 aliphatic rings. The molecule has 3 rings (SSSR count). The fourth-order valence-electron chi connectivity index (χ4n) is 2.75. The molecule has 1 N–H and O–H groups in total. The quantitative estimate of drug-likeness (QED) is 0.712. The van der Waals surface area contributed by atoms with Crippen molar-refractivity contribution in [3.63, 3.8) is 0 Å². The first-order valence-electron chi connectivity index (χ1n) is 5.60. The molecule has 1 aliphatic carbocycles. The minimum atomic E-state index is 0.562. The van der Waals surface area contributed by atoms with E-state index in [4.69, 9.17) is 0 Å². The Morgan fingerprint density at radius 1 is 1.29 bits per heavy atom. The van der Waals surface area contributed by atoms with E-state index in [1.54, 1.807) is 5.56 Å². The van der Waals surface area contributed by atoms with Crippen molar-refractivity contribution in [1.82, 2.24) is 5.32 Å². The summed E-state index contributed by atoms with van der Waals surface area (Å²) in [6.45, 7) is 3.41. The van der Waals surface area contributed by atoms with Crippen molar-refractivity contribution >= 4 is 0 Å². The first kappa shape index (κ1) is 8.49. The second-order valence-electron chi connectivity index (χ2n) is 4.92. The third-order valence-electron chi connectivity index (χ3n) is 3.84. The molecule has 1 saturated carbocycles. The van der Waals surface area contributed by atoms with E-state index in [0.717, 1.165) is 5.92 Å². The second-order valence-corrected chi connectivity index (χ2v) is 4.92. The van der Waals surface area contributed by atoms with Crippen LogP contribution in [-0.4, -0.2) is 12.1 Å². The van der Waals surface area contributed by atoms with Crippen LogP contribution in [0.1, 0.15) is 36.3 Å². The minimum Gasteiger partial charge on any atom is -0.311 e. The van der Waals surface area contributed by atoms with Crippen molar-refractivity contribution in [3.8, 4) is 0 Å². The van der Waals surface area contributed by atoms with Crippen LogP contribution in [0.3, 0.4) is 0 Å². The molecule has 2 fully saturated rings. The summed E-state index contributed by atoms with van der Waals surface area (Å²) in [5.41, 5.74) is 3.58. The Kier molecular flexibility index (Phi) is 1.72. The monoisotopic (exact) mass is 187 g/mol. The summed E-state index contributed by atoms with van der Waals surface area (Å²) >= 11 is 0. The van der Waals surface area contributed by atoms with Gasteiger partial charge in [-0.05, 0) is 43.2 Å². The zero-order valence-corrected chi connectivity index (χ0v) is 8.72. The molecule has 1 heteroatoms. The molecule has 0 amide bonds. The van der Waals surface area contributed by atoms with Crippen LogP contribution < -0.4 is 5.32 Å². The minimum absolute atomic E-state index is 0.562. The Hall–Kier alpha value is -0.820. The Bertz CT molecular complexity index is 352. The molecule has 0 bridgehead atoms. The molecular formula is C13H17N. The van der Waals surface area contributed by atoms with E-state index in [1.165, 1.54) is 31.4 Å². The van der Waals surface area contributed by atoms with E-state index in [1.807, 2.05) is 0 Å². The van der Waals surface area contributed by atoms with Crippen LogP contribution in [0.4, 0.5) is 0 Å². The molecule has 1 spiro atoms. The number of aryl methyl sites for hydroxylation is 1. The van der Waals surface area contributed by atoms with E-state index in [-0.39, 0.29) is 0 Å². The number of hydrogen-bond donors (Lipinski definition) is 1. The molecular weight excluding hydrogens is 170 g/mol. The van der Waals surface area contributed by atoms with E-state index in [9.17, 15) is 0 Å². The van der Waals surface area contributed by atoms with Gasteiger partial charge in [-0.25, -0.2) is 0 Å². The molecule has 1 atom stereocenters. The van der Waals surface area contributed by atoms with Crippen LogP contribution in [0.5, 0.6) is 0 Å². The van der Waals surface area contributed by atoms with Gasteiger partial charge in [-0.1, -0.05) is 24.3 Å². The molecule has 1 unspecified atom stereocenters. The van der Waals surface area contributed by atoms with Crippen LogP contribution in [0.25, 0.3) is 0 Å². The summed E-state index contributed by atoms with van der Waals surface area (Å²) < 4.78 is 0. The summed E-state index contributed by atoms with van der Waals surface area (Å²) in [6.07, 6.45) is 4.16. The fraction of sp³-hybridized carbons (Fsp3) is 0.538. The normalized spacial score (nSPS) is 28.2. The first-order chi connectivity index (χ1) is 6.79. The molecule has 0 aromatic heterocycles. The average molecular weight is 187 g/mol. The van der Waals surface area contributed by atoms with Crippen LogP contribution in [0, 0.1) is 6.92 Å². The third kappa shape index (κ3) is 1.27. The molecule has 1 saturated heterocycles. The van der Waals surface area contributed by atoms with E-state index < -0.39 is 0 Å². The van der Waals surface area contributed by atoms with Crippen LogP contribution in [-0.2, 0) is 0 Å². The van der Waals surface area contributed by atoms with Crippen LogP contribution in [0.2, 0.25) is 0 Å². The molecule has 1 aliphatic heterocycles. The lowest BCUT2D eigenvalue weighted by Gasteiger charge is -2.12. The van der Waals surface area contributed by atoms with Gasteiger partial charge in [0, 0.05) is 12.1 Å². The SMILES string of the molecule is Cc1ccccc1C1CNC2(CC2)C1. The summed E-state index contributed by atoms with van der Waals surface area (Å²) in [5.74, 6) is 0.763. The number of nitrogens with one attached hydrogen (secondary N) is 1. The van der Waals surface area contributed by atoms with E-state index in [2.05, 4.69) is 36.5 Å². The van der Waals surface area contributed by atoms with Gasteiger partial charge in [0.2, 0.25) is 0 Å². The van der Waals surface area contributed by atoms with Gasteiger partial charge < -0.3 is 5.32 Å². The number of benzene rings is 1. The molecule has 14 heavy (non-hydrogen) atoms. The van der Waals surface area contributed by atoms with Gasteiger partial charge in [0.25, 0.3) is 0 Å². The zero-order valence-electron chi connectivity index (χ0n) is 8.72. The Balaban J connectivity index is 1.86. The van der Waals surface area contributed by atoms with E-state index in [0.29, 0.717) is 5.54 Å². The summed E-state index contributed by atoms with van der Waals surface area (Å²) in [6, 6.07) is 8.82. The molecule has 1 nitrogen and oxygen atoms in total. The maximum Gasteiger partial charge on any atom is 0.0189 e. The molecule has 0 radical (unpaired) electrons. The topological polar surface area (TPSA) is 12.0 Å². The van der Waals surface area contributed by atoms with Gasteiger partial charge in [-0.3, -0.25) is 0 Å². The van der Waals surface area contributed by atoms with E-state index >= 15 is 0 Å². The molecule has 1 aromatic rings. The lowest BCUT2D eigenvalue weighted by Crippen LogP contribution is -2.22. The average Bonchev–Trinajstić information content (AvgIpc) is 2.79. The number of hydrogen-bond acceptors (Lipinski definition) is 1. The third-order valence-corrected chi connectivity index (χ3v) is 3.84. The highest BCUT2D eigenvalue weighted by Gasteiger charge is 2.48. The lowest BCUT2D eigenvalue weighted by atomic mass is 9.92. The second kappa shape index (κ2) is 2.83. The van der Waals surface area contributed by atoms with Gasteiger partial charge in [-0.2, -0.15) is 0 Å². The standard InChI is InChI=1S/C13H17N/c1-10-4-2-3-5-12(10)11-8-13(6-7-13)14-9-11/h2-5,11,14H,6-9H2,1H3. The predicted octanol–water partition coefficient (Wildman–Crippen LogP) is 2.60. The predicted molar refractivity (Wildman–Crippen MR) is 58.5 cm³/mol. The van der Waals surface area contributed by atoms with Gasteiger partial charge in [-0.15, -0.1) is 0 Å². The van der Waals surface area contributed by atoms with Crippen LogP contribution >= 0.6 is 0 Å². The van der Waals surface area contributed by atoms with Crippen molar-refractivity contribution in [2.45, 2.75) is 37.6 Å². The highest BCUT2D eigenvalue weighted by atomic mass is 15.1. The van der Waals surface area contributed by atoms with Gasteiger partial charge in [0.1, 0.15) is 0 Å². The van der Waals surface area contributed by atoms with Gasteiger partial charge in [0.15, 0.2) is 0 Å². The van der Waals surface area contributed by atoms with Crippen molar-refractivity contribution in [1.29, 1.82) is 0 Å². The smallest absolute Gasteiger partial charge is 0.0189 e. The van der Waals surface area contributed by atoms with Gasteiger partial charge in [0.05, 0.1) is 0 Å². The highest BCUT2D eigenvalue weighted by Crippen LogP contribution is 2.47. The van der Waals surface area contributed by atoms with Gasteiger partial charge >= 0.3 is 0 Å². The van der Waals surface area contributed by atoms with Crippen molar-refractivity contribution in [2.24, 2.45) is 0 Å². The van der Waals surface area contributed by atoms with Crippen LogP contribution in [0.15, 0.2) is 24.3 Å². The Morgan fingerprint density at radius 2 is 2.07 bits per heavy atom. The Labute approximate surface area is 85.5 Å². The number of rotatable bonds is 1. The van der Waals surface area contributed by atoms with Crippen molar-refractivity contribution < 1.29 is 0 Å². The maximum absolute atomic E-state index is 3.68. The largest absolute Gasteiger partial charge is 0.311 e. The highest BCUT2D eigenvalue weighted by molar-refractivity contribution is 5.32.